The number of nitrogens with one attached hydrogen (secondary N) is 1. The summed E-state index contributed by atoms with van der Waals surface area (Å²) in [6.07, 6.45) is 3.60. The molecular weight excluding hydrogens is 362 g/mol. The van der Waals surface area contributed by atoms with E-state index in [1.54, 1.807) is 23.8 Å². The lowest BCUT2D eigenvalue weighted by Gasteiger charge is -2.24. The van der Waals surface area contributed by atoms with E-state index in [0.717, 1.165) is 11.3 Å². The van der Waals surface area contributed by atoms with E-state index in [-0.39, 0.29) is 5.56 Å². The second kappa shape index (κ2) is 6.85. The van der Waals surface area contributed by atoms with E-state index in [1.807, 2.05) is 42.5 Å². The van der Waals surface area contributed by atoms with Crippen LogP contribution in [0.25, 0.3) is 6.08 Å². The zero-order valence-electron chi connectivity index (χ0n) is 14.8. The predicted molar refractivity (Wildman–Crippen MR) is 103 cm³/mol. The monoisotopic (exact) mass is 379 g/mol. The number of carbonyl (C=O) groups excluding carboxylic acids is 1. The Balaban J connectivity index is 2.00. The standard InChI is InChI=1S/C20H17N3O3S/c1-12-16(19(25)26-2)17(13-7-4-3-5-8-13)23-18(24)15(27-20(23)22-12)11-14-9-6-10-21-14/h3-11,17,21H,1-2H3/b15-11-/t17-/m0/s1. The highest BCUT2D eigenvalue weighted by Gasteiger charge is 2.32. The maximum atomic E-state index is 13.2. The number of rotatable bonds is 3. The molecule has 0 fully saturated rings. The molecule has 2 aromatic heterocycles. The van der Waals surface area contributed by atoms with Crippen LogP contribution in [0.4, 0.5) is 0 Å². The highest BCUT2D eigenvalue weighted by atomic mass is 32.1. The van der Waals surface area contributed by atoms with Crippen molar-refractivity contribution in [3.63, 3.8) is 0 Å². The molecule has 27 heavy (non-hydrogen) atoms. The molecule has 1 aliphatic heterocycles. The molecule has 0 radical (unpaired) electrons. The number of nitrogens with zero attached hydrogens (tertiary/aromatic N) is 2. The third kappa shape index (κ3) is 2.96. The third-order valence-corrected chi connectivity index (χ3v) is 5.43. The molecule has 4 rings (SSSR count). The van der Waals surface area contributed by atoms with Crippen molar-refractivity contribution in [2.45, 2.75) is 13.0 Å². The summed E-state index contributed by atoms with van der Waals surface area (Å²) >= 11 is 1.31. The number of carbonyl (C=O) groups is 1. The van der Waals surface area contributed by atoms with Crippen LogP contribution in [0.3, 0.4) is 0 Å². The van der Waals surface area contributed by atoms with Gasteiger partial charge in [-0.15, -0.1) is 0 Å². The molecule has 136 valence electrons. The Morgan fingerprint density at radius 1 is 1.26 bits per heavy atom. The summed E-state index contributed by atoms with van der Waals surface area (Å²) in [6.45, 7) is 1.77. The maximum Gasteiger partial charge on any atom is 0.338 e. The van der Waals surface area contributed by atoms with Crippen LogP contribution in [0.1, 0.15) is 24.2 Å². The molecule has 1 N–H and O–H groups in total. The largest absolute Gasteiger partial charge is 0.466 e. The lowest BCUT2D eigenvalue weighted by atomic mass is 9.96. The summed E-state index contributed by atoms with van der Waals surface area (Å²) in [6, 6.07) is 12.6. The Morgan fingerprint density at radius 3 is 2.70 bits per heavy atom. The first-order valence-electron chi connectivity index (χ1n) is 8.39. The van der Waals surface area contributed by atoms with Crippen LogP contribution in [0, 0.1) is 0 Å². The van der Waals surface area contributed by atoms with Gasteiger partial charge in [-0.25, -0.2) is 9.79 Å². The van der Waals surface area contributed by atoms with Gasteiger partial charge in [0, 0.05) is 11.9 Å². The van der Waals surface area contributed by atoms with E-state index < -0.39 is 12.0 Å². The van der Waals surface area contributed by atoms with Crippen molar-refractivity contribution in [1.82, 2.24) is 9.55 Å². The number of benzene rings is 1. The molecule has 0 unspecified atom stereocenters. The smallest absolute Gasteiger partial charge is 0.338 e. The number of thiazole rings is 1. The lowest BCUT2D eigenvalue weighted by molar-refractivity contribution is -0.136. The molecule has 1 aliphatic rings. The molecule has 3 aromatic rings. The van der Waals surface area contributed by atoms with Crippen LogP contribution in [-0.4, -0.2) is 22.6 Å². The summed E-state index contributed by atoms with van der Waals surface area (Å²) in [4.78, 5) is 33.8. The van der Waals surface area contributed by atoms with Crippen LogP contribution in [0.5, 0.6) is 0 Å². The van der Waals surface area contributed by atoms with E-state index in [0.29, 0.717) is 20.6 Å². The molecule has 3 heterocycles. The van der Waals surface area contributed by atoms with Gasteiger partial charge in [0.25, 0.3) is 5.56 Å². The van der Waals surface area contributed by atoms with Crippen LogP contribution in [0.15, 0.2) is 69.7 Å². The Bertz CT molecular complexity index is 1200. The number of aromatic amines is 1. The topological polar surface area (TPSA) is 76.4 Å². The van der Waals surface area contributed by atoms with Gasteiger partial charge in [-0.1, -0.05) is 41.7 Å². The van der Waals surface area contributed by atoms with E-state index in [9.17, 15) is 9.59 Å². The molecule has 1 atom stereocenters. The molecule has 0 amide bonds. The van der Waals surface area contributed by atoms with E-state index >= 15 is 0 Å². The highest BCUT2D eigenvalue weighted by Crippen LogP contribution is 2.30. The highest BCUT2D eigenvalue weighted by molar-refractivity contribution is 7.07. The number of aromatic nitrogens is 2. The van der Waals surface area contributed by atoms with Crippen molar-refractivity contribution in [3.8, 4) is 0 Å². The number of esters is 1. The summed E-state index contributed by atoms with van der Waals surface area (Å²) in [7, 11) is 1.33. The van der Waals surface area contributed by atoms with Crippen LogP contribution in [-0.2, 0) is 9.53 Å². The van der Waals surface area contributed by atoms with Crippen molar-refractivity contribution < 1.29 is 9.53 Å². The number of hydrogen-bond donors (Lipinski definition) is 1. The van der Waals surface area contributed by atoms with Crippen molar-refractivity contribution in [2.24, 2.45) is 4.99 Å². The van der Waals surface area contributed by atoms with Gasteiger partial charge >= 0.3 is 5.97 Å². The first-order valence-corrected chi connectivity index (χ1v) is 9.21. The van der Waals surface area contributed by atoms with Crippen molar-refractivity contribution in [1.29, 1.82) is 0 Å². The molecular formula is C20H17N3O3S. The van der Waals surface area contributed by atoms with Crippen molar-refractivity contribution >= 4 is 23.4 Å². The predicted octanol–water partition coefficient (Wildman–Crippen LogP) is 1.74. The van der Waals surface area contributed by atoms with Gasteiger partial charge in [0.1, 0.15) is 0 Å². The number of H-pyrrole nitrogens is 1. The Morgan fingerprint density at radius 2 is 2.04 bits per heavy atom. The van der Waals surface area contributed by atoms with Gasteiger partial charge < -0.3 is 9.72 Å². The minimum Gasteiger partial charge on any atom is -0.466 e. The van der Waals surface area contributed by atoms with Crippen LogP contribution in [0.2, 0.25) is 0 Å². The van der Waals surface area contributed by atoms with Crippen molar-refractivity contribution in [3.05, 3.63) is 90.9 Å². The normalized spacial score (nSPS) is 16.8. The van der Waals surface area contributed by atoms with Crippen LogP contribution >= 0.6 is 11.3 Å². The minimum absolute atomic E-state index is 0.184. The fourth-order valence-electron chi connectivity index (χ4n) is 3.22. The number of fused-ring (bicyclic) bond motifs is 1. The van der Waals surface area contributed by atoms with Gasteiger partial charge in [-0.05, 0) is 30.7 Å². The summed E-state index contributed by atoms with van der Waals surface area (Å²) in [5, 5.41) is 0. The Kier molecular flexibility index (Phi) is 4.37. The summed E-state index contributed by atoms with van der Waals surface area (Å²) in [5.41, 5.74) is 2.42. The number of allylic oxidation sites excluding steroid dienone is 1. The number of methoxy groups -OCH3 is 1. The number of ether oxygens (including phenoxy) is 1. The number of hydrogen-bond acceptors (Lipinski definition) is 5. The zero-order valence-corrected chi connectivity index (χ0v) is 15.6. The maximum absolute atomic E-state index is 13.2. The molecule has 1 aromatic carbocycles. The average molecular weight is 379 g/mol. The minimum atomic E-state index is -0.569. The van der Waals surface area contributed by atoms with Crippen molar-refractivity contribution in [2.75, 3.05) is 7.11 Å². The Hall–Kier alpha value is -3.19. The van der Waals surface area contributed by atoms with Gasteiger partial charge in [0.15, 0.2) is 4.80 Å². The fraction of sp³-hybridized carbons (Fsp3) is 0.150. The third-order valence-electron chi connectivity index (χ3n) is 4.45. The van der Waals surface area contributed by atoms with Gasteiger partial charge in [0.05, 0.1) is 29.0 Å². The molecule has 0 spiro atoms. The second-order valence-electron chi connectivity index (χ2n) is 6.11. The molecule has 6 nitrogen and oxygen atoms in total. The second-order valence-corrected chi connectivity index (χ2v) is 7.12. The van der Waals surface area contributed by atoms with Gasteiger partial charge in [-0.2, -0.15) is 0 Å². The zero-order chi connectivity index (χ0) is 19.0. The Labute approximate surface area is 158 Å². The molecule has 0 saturated carbocycles. The molecule has 0 aliphatic carbocycles. The van der Waals surface area contributed by atoms with Crippen LogP contribution < -0.4 is 14.9 Å². The van der Waals surface area contributed by atoms with E-state index in [4.69, 9.17) is 4.74 Å². The quantitative estimate of drug-likeness (QED) is 0.704. The first-order chi connectivity index (χ1) is 13.1. The van der Waals surface area contributed by atoms with E-state index in [1.165, 1.54) is 18.4 Å². The molecule has 7 heteroatoms. The summed E-state index contributed by atoms with van der Waals surface area (Å²) in [5.74, 6) is -0.483. The van der Waals surface area contributed by atoms with E-state index in [2.05, 4.69) is 9.98 Å². The van der Waals surface area contributed by atoms with Gasteiger partial charge in [0.2, 0.25) is 0 Å². The molecule has 0 bridgehead atoms. The van der Waals surface area contributed by atoms with Gasteiger partial charge in [-0.3, -0.25) is 9.36 Å². The molecule has 0 saturated heterocycles. The fourth-order valence-corrected chi connectivity index (χ4v) is 4.26. The average Bonchev–Trinajstić information content (AvgIpc) is 3.29. The first kappa shape index (κ1) is 17.2. The summed E-state index contributed by atoms with van der Waals surface area (Å²) < 4.78 is 7.11. The SMILES string of the molecule is COC(=O)C1=C(C)N=c2s/c(=C\c3ccc[nH]3)c(=O)n2[C@H]1c1ccccc1. The lowest BCUT2D eigenvalue weighted by Crippen LogP contribution is -2.39.